The van der Waals surface area contributed by atoms with Crippen LogP contribution in [-0.2, 0) is 6.54 Å². The van der Waals surface area contributed by atoms with E-state index >= 15 is 0 Å². The molecule has 140 valence electrons. The first-order chi connectivity index (χ1) is 13.1. The van der Waals surface area contributed by atoms with Crippen molar-refractivity contribution < 1.29 is 18.4 Å². The second kappa shape index (κ2) is 7.40. The normalized spacial score (nSPS) is 16.6. The Kier molecular flexibility index (Phi) is 4.81. The topological polar surface area (TPSA) is 88.6 Å². The van der Waals surface area contributed by atoms with Crippen LogP contribution < -0.4 is 5.32 Å². The molecule has 0 aliphatic carbocycles. The van der Waals surface area contributed by atoms with Gasteiger partial charge in [0.15, 0.2) is 12.1 Å². The Hall–Kier alpha value is -2.87. The molecule has 4 rings (SSSR count). The number of amides is 2. The molecule has 0 spiro atoms. The van der Waals surface area contributed by atoms with E-state index in [1.807, 2.05) is 23.1 Å². The van der Waals surface area contributed by atoms with E-state index in [9.17, 15) is 9.59 Å². The fourth-order valence-electron chi connectivity index (χ4n) is 3.27. The van der Waals surface area contributed by atoms with E-state index in [4.69, 9.17) is 8.83 Å². The maximum Gasteiger partial charge on any atom is 0.276 e. The molecule has 7 nitrogen and oxygen atoms in total. The Morgan fingerprint density at radius 3 is 3.00 bits per heavy atom. The summed E-state index contributed by atoms with van der Waals surface area (Å²) in [6.45, 7) is 2.83. The summed E-state index contributed by atoms with van der Waals surface area (Å²) >= 11 is 1.42. The van der Waals surface area contributed by atoms with Crippen molar-refractivity contribution in [3.8, 4) is 0 Å². The molecule has 8 heteroatoms. The molecule has 1 saturated heterocycles. The molecule has 3 aromatic rings. The molecule has 0 aromatic carbocycles. The van der Waals surface area contributed by atoms with Crippen molar-refractivity contribution in [3.05, 3.63) is 63.9 Å². The number of carbonyl (C=O) groups is 2. The van der Waals surface area contributed by atoms with Crippen molar-refractivity contribution in [1.82, 2.24) is 15.2 Å². The number of hydrogen-bond donors (Lipinski definition) is 1. The first kappa shape index (κ1) is 17.5. The molecule has 3 aromatic heterocycles. The molecule has 0 saturated carbocycles. The second-order valence-electron chi connectivity index (χ2n) is 6.43. The molecule has 1 atom stereocenters. The van der Waals surface area contributed by atoms with Gasteiger partial charge < -0.3 is 19.1 Å². The van der Waals surface area contributed by atoms with E-state index in [1.54, 1.807) is 19.5 Å². The number of carbonyl (C=O) groups excluding carboxylic acids is 2. The van der Waals surface area contributed by atoms with Crippen LogP contribution in [0.1, 0.15) is 55.2 Å². The molecule has 1 fully saturated rings. The number of aryl methyl sites for hydroxylation is 1. The Bertz CT molecular complexity index is 944. The van der Waals surface area contributed by atoms with E-state index < -0.39 is 0 Å². The number of nitrogens with one attached hydrogen (secondary N) is 1. The fourth-order valence-corrected chi connectivity index (χ4v) is 4.34. The van der Waals surface area contributed by atoms with Crippen LogP contribution in [0.25, 0.3) is 0 Å². The average molecular weight is 385 g/mol. The van der Waals surface area contributed by atoms with E-state index in [0.717, 1.165) is 23.3 Å². The number of thiophene rings is 1. The summed E-state index contributed by atoms with van der Waals surface area (Å²) in [5, 5.41) is 2.88. The molecular formula is C19H19N3O4S. The van der Waals surface area contributed by atoms with Gasteiger partial charge in [0.05, 0.1) is 23.4 Å². The third-order valence-corrected chi connectivity index (χ3v) is 5.86. The van der Waals surface area contributed by atoms with Gasteiger partial charge in [-0.1, -0.05) is 0 Å². The van der Waals surface area contributed by atoms with E-state index in [0.29, 0.717) is 29.4 Å². The van der Waals surface area contributed by atoms with Crippen LogP contribution in [0.3, 0.4) is 0 Å². The Balaban J connectivity index is 1.46. The highest BCUT2D eigenvalue weighted by molar-refractivity contribution is 7.14. The van der Waals surface area contributed by atoms with Gasteiger partial charge in [0.2, 0.25) is 0 Å². The highest BCUT2D eigenvalue weighted by Gasteiger charge is 2.33. The minimum Gasteiger partial charge on any atom is -0.472 e. The number of rotatable bonds is 5. The van der Waals surface area contributed by atoms with Crippen molar-refractivity contribution in [2.75, 3.05) is 6.54 Å². The molecule has 1 aliphatic rings. The molecule has 0 radical (unpaired) electrons. The van der Waals surface area contributed by atoms with Gasteiger partial charge in [0, 0.05) is 23.5 Å². The predicted octanol–water partition coefficient (Wildman–Crippen LogP) is 3.54. The summed E-state index contributed by atoms with van der Waals surface area (Å²) < 4.78 is 10.2. The van der Waals surface area contributed by atoms with Crippen LogP contribution >= 0.6 is 11.3 Å². The molecule has 1 unspecified atom stereocenters. The van der Waals surface area contributed by atoms with Gasteiger partial charge in [-0.15, -0.1) is 11.3 Å². The molecule has 0 bridgehead atoms. The van der Waals surface area contributed by atoms with Gasteiger partial charge in [-0.2, -0.15) is 0 Å². The molecular weight excluding hydrogens is 366 g/mol. The van der Waals surface area contributed by atoms with Crippen LogP contribution in [-0.4, -0.2) is 28.2 Å². The summed E-state index contributed by atoms with van der Waals surface area (Å²) in [7, 11) is 0. The van der Waals surface area contributed by atoms with Crippen molar-refractivity contribution >= 4 is 23.2 Å². The van der Waals surface area contributed by atoms with Crippen molar-refractivity contribution in [1.29, 1.82) is 0 Å². The van der Waals surface area contributed by atoms with Gasteiger partial charge in [-0.3, -0.25) is 9.59 Å². The Morgan fingerprint density at radius 2 is 2.26 bits per heavy atom. The lowest BCUT2D eigenvalue weighted by Gasteiger charge is -2.23. The van der Waals surface area contributed by atoms with Gasteiger partial charge in [-0.05, 0) is 38.0 Å². The second-order valence-corrected chi connectivity index (χ2v) is 7.55. The maximum absolute atomic E-state index is 12.8. The largest absolute Gasteiger partial charge is 0.472 e. The lowest BCUT2D eigenvalue weighted by atomic mass is 10.1. The first-order valence-corrected chi connectivity index (χ1v) is 9.55. The first-order valence-electron chi connectivity index (χ1n) is 8.73. The zero-order valence-electron chi connectivity index (χ0n) is 14.8. The van der Waals surface area contributed by atoms with Crippen LogP contribution in [0.15, 0.2) is 46.0 Å². The van der Waals surface area contributed by atoms with Gasteiger partial charge in [0.25, 0.3) is 11.8 Å². The lowest BCUT2D eigenvalue weighted by Crippen LogP contribution is -2.30. The van der Waals surface area contributed by atoms with Crippen molar-refractivity contribution in [2.45, 2.75) is 32.4 Å². The molecule has 1 N–H and O–H groups in total. The number of oxazole rings is 1. The predicted molar refractivity (Wildman–Crippen MR) is 98.4 cm³/mol. The molecule has 2 amide bonds. The highest BCUT2D eigenvalue weighted by atomic mass is 32.1. The summed E-state index contributed by atoms with van der Waals surface area (Å²) in [5.74, 6) is 0.273. The summed E-state index contributed by atoms with van der Waals surface area (Å²) in [6, 6.07) is 5.53. The number of likely N-dealkylation sites (tertiary alicyclic amines) is 1. The van der Waals surface area contributed by atoms with Gasteiger partial charge in [0.1, 0.15) is 5.76 Å². The minimum absolute atomic E-state index is 0.0333. The number of aromatic nitrogens is 1. The van der Waals surface area contributed by atoms with Crippen LogP contribution in [0.2, 0.25) is 0 Å². The number of hydrogen-bond acceptors (Lipinski definition) is 6. The number of nitrogens with zero attached hydrogens (tertiary/aromatic N) is 2. The quantitative estimate of drug-likeness (QED) is 0.726. The summed E-state index contributed by atoms with van der Waals surface area (Å²) in [6.07, 6.45) is 6.27. The molecule has 27 heavy (non-hydrogen) atoms. The summed E-state index contributed by atoms with van der Waals surface area (Å²) in [5.41, 5.74) is 1.27. The van der Waals surface area contributed by atoms with Gasteiger partial charge >= 0.3 is 0 Å². The fraction of sp³-hybridized carbons (Fsp3) is 0.316. The van der Waals surface area contributed by atoms with Crippen LogP contribution in [0, 0.1) is 6.92 Å². The van der Waals surface area contributed by atoms with Gasteiger partial charge in [-0.25, -0.2) is 4.98 Å². The smallest absolute Gasteiger partial charge is 0.276 e. The van der Waals surface area contributed by atoms with Crippen LogP contribution in [0.4, 0.5) is 0 Å². The van der Waals surface area contributed by atoms with E-state index in [-0.39, 0.29) is 17.9 Å². The standard InChI is InChI=1S/C19H19N3O4S/c1-12-17(21-11-26-12)19(24)22-7-2-3-14(22)15-4-5-16(27-15)18(23)20-9-13-6-8-25-10-13/h4-6,8,10-11,14H,2-3,7,9H2,1H3,(H,20,23). The van der Waals surface area contributed by atoms with Crippen LogP contribution in [0.5, 0.6) is 0 Å². The van der Waals surface area contributed by atoms with Crippen molar-refractivity contribution in [2.24, 2.45) is 0 Å². The zero-order valence-corrected chi connectivity index (χ0v) is 15.6. The summed E-state index contributed by atoms with van der Waals surface area (Å²) in [4.78, 5) is 32.7. The van der Waals surface area contributed by atoms with Crippen molar-refractivity contribution in [3.63, 3.8) is 0 Å². The SMILES string of the molecule is Cc1ocnc1C(=O)N1CCCC1c1ccc(C(=O)NCc2ccoc2)s1. The average Bonchev–Trinajstić information content (AvgIpc) is 3.46. The van der Waals surface area contributed by atoms with E-state index in [1.165, 1.54) is 17.7 Å². The highest BCUT2D eigenvalue weighted by Crippen LogP contribution is 2.37. The Morgan fingerprint density at radius 1 is 1.37 bits per heavy atom. The Labute approximate surface area is 160 Å². The minimum atomic E-state index is -0.129. The molecule has 4 heterocycles. The third kappa shape index (κ3) is 3.52. The zero-order chi connectivity index (χ0) is 18.8. The number of furan rings is 1. The molecule has 1 aliphatic heterocycles. The maximum atomic E-state index is 12.8. The third-order valence-electron chi connectivity index (χ3n) is 4.67. The van der Waals surface area contributed by atoms with E-state index in [2.05, 4.69) is 10.3 Å². The monoisotopic (exact) mass is 385 g/mol. The lowest BCUT2D eigenvalue weighted by molar-refractivity contribution is 0.0730.